The van der Waals surface area contributed by atoms with E-state index >= 15 is 0 Å². The molecule has 1 aromatic rings. The Bertz CT molecular complexity index is 561. The molecule has 1 N–H and O–H groups in total. The molecule has 2 aliphatic heterocycles. The fraction of sp³-hybridized carbons (Fsp3) is 0.625. The number of hydrogen-bond donors (Lipinski definition) is 1. The quantitative estimate of drug-likeness (QED) is 0.819. The van der Waals surface area contributed by atoms with Crippen molar-refractivity contribution >= 4 is 12.2 Å². The second-order valence-corrected chi connectivity index (χ2v) is 5.98. The van der Waals surface area contributed by atoms with Gasteiger partial charge in [-0.15, -0.1) is 0 Å². The van der Waals surface area contributed by atoms with Crippen molar-refractivity contribution in [2.75, 3.05) is 45.9 Å². The Labute approximate surface area is 130 Å². The summed E-state index contributed by atoms with van der Waals surface area (Å²) >= 11 is 0. The molecule has 0 atom stereocenters. The van der Waals surface area contributed by atoms with E-state index in [0.717, 1.165) is 76.3 Å². The summed E-state index contributed by atoms with van der Waals surface area (Å²) in [6.07, 6.45) is 2.57. The lowest BCUT2D eigenvalue weighted by atomic mass is 10.0. The number of aromatic nitrogens is 1. The number of aromatic amines is 1. The predicted octanol–water partition coefficient (Wildman–Crippen LogP) is 0.856. The van der Waals surface area contributed by atoms with Crippen LogP contribution >= 0.6 is 0 Å². The van der Waals surface area contributed by atoms with Crippen LogP contribution < -0.4 is 0 Å². The fourth-order valence-electron chi connectivity index (χ4n) is 3.30. The van der Waals surface area contributed by atoms with Crippen molar-refractivity contribution < 1.29 is 14.3 Å². The third-order valence-electron chi connectivity index (χ3n) is 4.62. The molecule has 0 aromatic carbocycles. The number of carbonyl (C=O) groups is 2. The van der Waals surface area contributed by atoms with Gasteiger partial charge in [-0.25, -0.2) is 0 Å². The van der Waals surface area contributed by atoms with Crippen molar-refractivity contribution in [3.63, 3.8) is 0 Å². The Hall–Kier alpha value is -1.66. The van der Waals surface area contributed by atoms with Crippen molar-refractivity contribution in [3.8, 4) is 0 Å². The van der Waals surface area contributed by atoms with Gasteiger partial charge < -0.3 is 14.6 Å². The number of nitrogens with zero attached hydrogens (tertiary/aromatic N) is 2. The van der Waals surface area contributed by atoms with Gasteiger partial charge in [0, 0.05) is 44.8 Å². The first kappa shape index (κ1) is 15.2. The number of hydrogen-bond acceptors (Lipinski definition) is 4. The Morgan fingerprint density at radius 3 is 2.73 bits per heavy atom. The molecule has 1 amide bonds. The molecule has 0 aliphatic carbocycles. The molecule has 22 heavy (non-hydrogen) atoms. The zero-order valence-electron chi connectivity index (χ0n) is 13.1. The number of amides is 1. The van der Waals surface area contributed by atoms with Crippen LogP contribution in [0.1, 0.15) is 38.5 Å². The number of H-pyrrole nitrogens is 1. The van der Waals surface area contributed by atoms with E-state index in [1.54, 1.807) is 0 Å². The van der Waals surface area contributed by atoms with Crippen LogP contribution in [0.25, 0.3) is 0 Å². The highest BCUT2D eigenvalue weighted by Crippen LogP contribution is 2.24. The second-order valence-electron chi connectivity index (χ2n) is 5.98. The zero-order valence-corrected chi connectivity index (χ0v) is 13.1. The van der Waals surface area contributed by atoms with Gasteiger partial charge in [-0.3, -0.25) is 14.5 Å². The number of rotatable bonds is 5. The van der Waals surface area contributed by atoms with Gasteiger partial charge in [-0.2, -0.15) is 0 Å². The second kappa shape index (κ2) is 6.62. The number of morpholine rings is 1. The van der Waals surface area contributed by atoms with E-state index in [9.17, 15) is 9.59 Å². The van der Waals surface area contributed by atoms with Crippen LogP contribution in [0, 0.1) is 6.92 Å². The Kier molecular flexibility index (Phi) is 4.59. The van der Waals surface area contributed by atoms with Crippen molar-refractivity contribution in [3.05, 3.63) is 22.5 Å². The molecule has 3 heterocycles. The zero-order chi connectivity index (χ0) is 15.5. The van der Waals surface area contributed by atoms with Gasteiger partial charge in [0.05, 0.1) is 24.5 Å². The third-order valence-corrected chi connectivity index (χ3v) is 4.62. The van der Waals surface area contributed by atoms with E-state index in [4.69, 9.17) is 4.74 Å². The highest BCUT2D eigenvalue weighted by molar-refractivity contribution is 6.00. The van der Waals surface area contributed by atoms with E-state index in [1.807, 2.05) is 11.8 Å². The lowest BCUT2D eigenvalue weighted by Gasteiger charge is -2.30. The molecule has 0 bridgehead atoms. The molecular formula is C16H23N3O3. The van der Waals surface area contributed by atoms with Gasteiger partial charge in [0.1, 0.15) is 0 Å². The summed E-state index contributed by atoms with van der Waals surface area (Å²) in [5.41, 5.74) is 2.94. The normalized spacial score (nSPS) is 19.3. The molecule has 2 aliphatic rings. The Morgan fingerprint density at radius 2 is 2.00 bits per heavy atom. The average molecular weight is 305 g/mol. The minimum atomic E-state index is 0.0603. The summed E-state index contributed by atoms with van der Waals surface area (Å²) in [4.78, 5) is 31.0. The minimum absolute atomic E-state index is 0.0603. The summed E-state index contributed by atoms with van der Waals surface area (Å²) in [5, 5.41) is 0. The number of nitrogens with one attached hydrogen (secondary N) is 1. The van der Waals surface area contributed by atoms with Crippen LogP contribution in [0.2, 0.25) is 0 Å². The molecule has 1 fully saturated rings. The first-order valence-corrected chi connectivity index (χ1v) is 7.96. The first-order valence-electron chi connectivity index (χ1n) is 7.96. The van der Waals surface area contributed by atoms with Gasteiger partial charge in [-0.1, -0.05) is 0 Å². The van der Waals surface area contributed by atoms with Crippen molar-refractivity contribution in [1.29, 1.82) is 0 Å². The molecule has 0 spiro atoms. The van der Waals surface area contributed by atoms with E-state index in [-0.39, 0.29) is 5.91 Å². The molecule has 0 unspecified atom stereocenters. The summed E-state index contributed by atoms with van der Waals surface area (Å²) in [7, 11) is 0. The Morgan fingerprint density at radius 1 is 1.23 bits per heavy atom. The van der Waals surface area contributed by atoms with Crippen LogP contribution in [0.3, 0.4) is 0 Å². The fourth-order valence-corrected chi connectivity index (χ4v) is 3.30. The van der Waals surface area contributed by atoms with E-state index < -0.39 is 0 Å². The van der Waals surface area contributed by atoms with Crippen LogP contribution in [0.15, 0.2) is 0 Å². The van der Waals surface area contributed by atoms with Crippen LogP contribution in [0.5, 0.6) is 0 Å². The number of ether oxygens (including phenoxy) is 1. The highest BCUT2D eigenvalue weighted by atomic mass is 16.5. The first-order chi connectivity index (χ1) is 10.7. The predicted molar refractivity (Wildman–Crippen MR) is 82.4 cm³/mol. The largest absolute Gasteiger partial charge is 0.379 e. The molecule has 6 nitrogen and oxygen atoms in total. The summed E-state index contributed by atoms with van der Waals surface area (Å²) in [6.45, 7) is 7.94. The minimum Gasteiger partial charge on any atom is -0.379 e. The smallest absolute Gasteiger partial charge is 0.255 e. The van der Waals surface area contributed by atoms with Crippen LogP contribution in [-0.2, 0) is 11.2 Å². The SMILES string of the molecule is Cc1c(C=O)[nH]c2c1C(=O)N(CCCN1CCOCC1)CC2. The van der Waals surface area contributed by atoms with E-state index in [2.05, 4.69) is 9.88 Å². The standard InChI is InChI=1S/C16H23N3O3/c1-12-14(11-20)17-13-3-6-19(16(21)15(12)13)5-2-4-18-7-9-22-10-8-18/h11,17H,2-10H2,1H3. The monoisotopic (exact) mass is 305 g/mol. The van der Waals surface area contributed by atoms with Crippen LogP contribution in [0.4, 0.5) is 0 Å². The molecule has 0 radical (unpaired) electrons. The lowest BCUT2D eigenvalue weighted by molar-refractivity contribution is 0.0356. The molecule has 6 heteroatoms. The number of carbonyl (C=O) groups excluding carboxylic acids is 2. The van der Waals surface area contributed by atoms with Crippen LogP contribution in [-0.4, -0.2) is 72.9 Å². The average Bonchev–Trinajstić information content (AvgIpc) is 2.87. The summed E-state index contributed by atoms with van der Waals surface area (Å²) in [5.74, 6) is 0.0603. The van der Waals surface area contributed by atoms with E-state index in [1.165, 1.54) is 0 Å². The maximum Gasteiger partial charge on any atom is 0.255 e. The van der Waals surface area contributed by atoms with Crippen molar-refractivity contribution in [2.45, 2.75) is 19.8 Å². The highest BCUT2D eigenvalue weighted by Gasteiger charge is 2.28. The molecule has 120 valence electrons. The third kappa shape index (κ3) is 2.94. The molecule has 3 rings (SSSR count). The molecule has 0 saturated carbocycles. The van der Waals surface area contributed by atoms with Gasteiger partial charge in [0.15, 0.2) is 6.29 Å². The summed E-state index contributed by atoms with van der Waals surface area (Å²) < 4.78 is 5.34. The van der Waals surface area contributed by atoms with Gasteiger partial charge in [0.25, 0.3) is 5.91 Å². The molecule has 1 saturated heterocycles. The maximum absolute atomic E-state index is 12.6. The van der Waals surface area contributed by atoms with Gasteiger partial charge >= 0.3 is 0 Å². The maximum atomic E-state index is 12.6. The molecular weight excluding hydrogens is 282 g/mol. The van der Waals surface area contributed by atoms with Crippen molar-refractivity contribution in [2.24, 2.45) is 0 Å². The van der Waals surface area contributed by atoms with Crippen molar-refractivity contribution in [1.82, 2.24) is 14.8 Å². The summed E-state index contributed by atoms with van der Waals surface area (Å²) in [6, 6.07) is 0. The topological polar surface area (TPSA) is 65.6 Å². The molecule has 1 aromatic heterocycles. The Balaban J connectivity index is 1.58. The number of fused-ring (bicyclic) bond motifs is 1. The number of aldehydes is 1. The lowest BCUT2D eigenvalue weighted by Crippen LogP contribution is -2.41. The van der Waals surface area contributed by atoms with Gasteiger partial charge in [0.2, 0.25) is 0 Å². The van der Waals surface area contributed by atoms with Gasteiger partial charge in [-0.05, 0) is 18.9 Å². The van der Waals surface area contributed by atoms with E-state index in [0.29, 0.717) is 11.3 Å².